The smallest absolute Gasteiger partial charge is 0.191 e. The van der Waals surface area contributed by atoms with E-state index in [-0.39, 0.29) is 24.0 Å². The summed E-state index contributed by atoms with van der Waals surface area (Å²) >= 11 is 0. The number of likely N-dealkylation sites (N-methyl/N-ethyl adjacent to an activating group) is 1. The molecular formula is C23H38IN5O2. The van der Waals surface area contributed by atoms with Crippen LogP contribution in [0, 0.1) is 0 Å². The number of aliphatic hydroxyl groups is 1. The molecule has 7 nitrogen and oxygen atoms in total. The van der Waals surface area contributed by atoms with E-state index in [1.54, 1.807) is 6.26 Å². The van der Waals surface area contributed by atoms with Crippen LogP contribution in [0.15, 0.2) is 58.1 Å². The molecular weight excluding hydrogens is 505 g/mol. The molecule has 174 valence electrons. The summed E-state index contributed by atoms with van der Waals surface area (Å²) in [7, 11) is 5.99. The Morgan fingerprint density at radius 2 is 1.77 bits per heavy atom. The fourth-order valence-electron chi connectivity index (χ4n) is 3.25. The second-order valence-corrected chi connectivity index (χ2v) is 8.19. The zero-order valence-corrected chi connectivity index (χ0v) is 21.5. The topological polar surface area (TPSA) is 76.3 Å². The van der Waals surface area contributed by atoms with E-state index in [0.717, 1.165) is 31.7 Å². The van der Waals surface area contributed by atoms with Crippen molar-refractivity contribution in [3.8, 4) is 0 Å². The molecule has 8 heteroatoms. The zero-order chi connectivity index (χ0) is 21.8. The molecule has 2 aromatic rings. The molecule has 0 bridgehead atoms. The SMILES string of the molecule is CN(C)CC(C)(O)CN=C(NCCCN(C)c1ccccc1)NCCc1ccco1.I. The minimum absolute atomic E-state index is 0. The third-order valence-corrected chi connectivity index (χ3v) is 4.64. The number of furan rings is 1. The number of anilines is 1. The molecule has 0 saturated heterocycles. The first kappa shape index (κ1) is 27.3. The molecule has 0 amide bonds. The van der Waals surface area contributed by atoms with Crippen LogP contribution in [0.3, 0.4) is 0 Å². The van der Waals surface area contributed by atoms with Crippen LogP contribution in [0.1, 0.15) is 19.1 Å². The number of hydrogen-bond acceptors (Lipinski definition) is 5. The summed E-state index contributed by atoms with van der Waals surface area (Å²) < 4.78 is 5.39. The van der Waals surface area contributed by atoms with E-state index in [1.807, 2.05) is 44.1 Å². The van der Waals surface area contributed by atoms with Gasteiger partial charge in [0.1, 0.15) is 5.76 Å². The van der Waals surface area contributed by atoms with Crippen molar-refractivity contribution >= 4 is 35.6 Å². The van der Waals surface area contributed by atoms with Crippen LogP contribution in [-0.2, 0) is 6.42 Å². The monoisotopic (exact) mass is 543 g/mol. The van der Waals surface area contributed by atoms with Gasteiger partial charge in [0, 0.05) is 45.3 Å². The lowest BCUT2D eigenvalue weighted by Crippen LogP contribution is -2.43. The molecule has 3 N–H and O–H groups in total. The average molecular weight is 543 g/mol. The Kier molecular flexibility index (Phi) is 12.6. The second kappa shape index (κ2) is 14.3. The summed E-state index contributed by atoms with van der Waals surface area (Å²) in [5, 5.41) is 17.3. The van der Waals surface area contributed by atoms with Gasteiger partial charge in [0.2, 0.25) is 0 Å². The van der Waals surface area contributed by atoms with Crippen LogP contribution >= 0.6 is 24.0 Å². The number of para-hydroxylation sites is 1. The molecule has 1 aromatic heterocycles. The summed E-state index contributed by atoms with van der Waals surface area (Å²) in [6.45, 7) is 5.13. The largest absolute Gasteiger partial charge is 0.469 e. The highest BCUT2D eigenvalue weighted by Crippen LogP contribution is 2.10. The Labute approximate surface area is 203 Å². The minimum Gasteiger partial charge on any atom is -0.469 e. The van der Waals surface area contributed by atoms with Crippen molar-refractivity contribution in [1.29, 1.82) is 0 Å². The lowest BCUT2D eigenvalue weighted by Gasteiger charge is -2.25. The van der Waals surface area contributed by atoms with Crippen LogP contribution < -0.4 is 15.5 Å². The van der Waals surface area contributed by atoms with Gasteiger partial charge >= 0.3 is 0 Å². The first-order valence-corrected chi connectivity index (χ1v) is 10.5. The maximum absolute atomic E-state index is 10.6. The van der Waals surface area contributed by atoms with Gasteiger partial charge in [0.25, 0.3) is 0 Å². The third-order valence-electron chi connectivity index (χ3n) is 4.64. The molecule has 0 spiro atoms. The van der Waals surface area contributed by atoms with E-state index < -0.39 is 5.60 Å². The van der Waals surface area contributed by atoms with Crippen molar-refractivity contribution < 1.29 is 9.52 Å². The van der Waals surface area contributed by atoms with E-state index in [0.29, 0.717) is 25.6 Å². The van der Waals surface area contributed by atoms with Crippen LogP contribution in [0.25, 0.3) is 0 Å². The molecule has 0 saturated carbocycles. The Morgan fingerprint density at radius 1 is 1.06 bits per heavy atom. The molecule has 0 radical (unpaired) electrons. The Hall–Kier alpha value is -1.78. The fraction of sp³-hybridized carbons (Fsp3) is 0.522. The van der Waals surface area contributed by atoms with Crippen molar-refractivity contribution in [2.45, 2.75) is 25.4 Å². The maximum atomic E-state index is 10.6. The third kappa shape index (κ3) is 11.4. The molecule has 1 heterocycles. The number of nitrogens with zero attached hydrogens (tertiary/aromatic N) is 3. The first-order chi connectivity index (χ1) is 14.4. The van der Waals surface area contributed by atoms with E-state index in [9.17, 15) is 5.11 Å². The standard InChI is InChI=1S/C23H37N5O2.HI/c1-23(29,19-27(2)3)18-26-22(25-15-13-21-12-8-17-30-21)24-14-9-16-28(4)20-10-6-5-7-11-20;/h5-8,10-12,17,29H,9,13-16,18-19H2,1-4H3,(H2,24,25,26);1H. The summed E-state index contributed by atoms with van der Waals surface area (Å²) in [6, 6.07) is 14.2. The number of halogens is 1. The summed E-state index contributed by atoms with van der Waals surface area (Å²) in [5.74, 6) is 1.65. The van der Waals surface area contributed by atoms with Gasteiger partial charge < -0.3 is 30.0 Å². The van der Waals surface area contributed by atoms with Crippen molar-refractivity contribution in [3.63, 3.8) is 0 Å². The van der Waals surface area contributed by atoms with Gasteiger partial charge in [0.05, 0.1) is 18.4 Å². The summed E-state index contributed by atoms with van der Waals surface area (Å²) in [6.07, 6.45) is 3.43. The number of hydrogen-bond donors (Lipinski definition) is 3. The predicted molar refractivity (Wildman–Crippen MR) is 140 cm³/mol. The van der Waals surface area contributed by atoms with Gasteiger partial charge in [-0.2, -0.15) is 0 Å². The molecule has 1 unspecified atom stereocenters. The van der Waals surface area contributed by atoms with Crippen molar-refractivity contribution in [1.82, 2.24) is 15.5 Å². The number of benzene rings is 1. The Bertz CT molecular complexity index is 736. The van der Waals surface area contributed by atoms with Gasteiger partial charge in [-0.1, -0.05) is 18.2 Å². The maximum Gasteiger partial charge on any atom is 0.191 e. The zero-order valence-electron chi connectivity index (χ0n) is 19.2. The minimum atomic E-state index is -0.882. The number of aliphatic imine (C=N–C) groups is 1. The Morgan fingerprint density at radius 3 is 2.42 bits per heavy atom. The van der Waals surface area contributed by atoms with Crippen LogP contribution in [0.2, 0.25) is 0 Å². The second-order valence-electron chi connectivity index (χ2n) is 8.19. The van der Waals surface area contributed by atoms with Crippen molar-refractivity contribution in [2.24, 2.45) is 4.99 Å². The lowest BCUT2D eigenvalue weighted by molar-refractivity contribution is 0.0423. The molecule has 0 aliphatic rings. The van der Waals surface area contributed by atoms with Crippen molar-refractivity contribution in [3.05, 3.63) is 54.5 Å². The van der Waals surface area contributed by atoms with Gasteiger partial charge in [-0.25, -0.2) is 0 Å². The molecule has 0 aliphatic carbocycles. The normalized spacial score (nSPS) is 13.4. The van der Waals surface area contributed by atoms with Crippen molar-refractivity contribution in [2.75, 3.05) is 58.8 Å². The van der Waals surface area contributed by atoms with Crippen LogP contribution in [0.4, 0.5) is 5.69 Å². The number of rotatable bonds is 12. The molecule has 1 atom stereocenters. The highest BCUT2D eigenvalue weighted by molar-refractivity contribution is 14.0. The van der Waals surface area contributed by atoms with E-state index in [1.165, 1.54) is 5.69 Å². The average Bonchev–Trinajstić information content (AvgIpc) is 3.22. The molecule has 31 heavy (non-hydrogen) atoms. The molecule has 0 fully saturated rings. The van der Waals surface area contributed by atoms with E-state index in [4.69, 9.17) is 4.42 Å². The number of guanidine groups is 1. The highest BCUT2D eigenvalue weighted by Gasteiger charge is 2.21. The molecule has 2 rings (SSSR count). The van der Waals surface area contributed by atoms with E-state index in [2.05, 4.69) is 51.8 Å². The lowest BCUT2D eigenvalue weighted by atomic mass is 10.1. The molecule has 0 aliphatic heterocycles. The van der Waals surface area contributed by atoms with Crippen LogP contribution in [0.5, 0.6) is 0 Å². The summed E-state index contributed by atoms with van der Waals surface area (Å²) in [4.78, 5) is 8.82. The molecule has 1 aromatic carbocycles. The highest BCUT2D eigenvalue weighted by atomic mass is 127. The Balaban J connectivity index is 0.00000480. The quantitative estimate of drug-likeness (QED) is 0.166. The first-order valence-electron chi connectivity index (χ1n) is 10.5. The number of nitrogens with one attached hydrogen (secondary N) is 2. The van der Waals surface area contributed by atoms with Crippen LogP contribution in [-0.4, -0.2) is 75.4 Å². The predicted octanol–water partition coefficient (Wildman–Crippen LogP) is 2.81. The van der Waals surface area contributed by atoms with Gasteiger partial charge in [-0.05, 0) is 51.7 Å². The van der Waals surface area contributed by atoms with Gasteiger partial charge in [0.15, 0.2) is 5.96 Å². The summed E-state index contributed by atoms with van der Waals surface area (Å²) in [5.41, 5.74) is 0.329. The van der Waals surface area contributed by atoms with Gasteiger partial charge in [-0.15, -0.1) is 24.0 Å². The van der Waals surface area contributed by atoms with Gasteiger partial charge in [-0.3, -0.25) is 4.99 Å². The van der Waals surface area contributed by atoms with E-state index >= 15 is 0 Å². The fourth-order valence-corrected chi connectivity index (χ4v) is 3.25.